The SMILES string of the molecule is COc1cc2c(Oc3ccc4[nH]c(C)cc4c3F)ncnc2cc1OCCN1CCN(C(=O)OC(C)(C)C)CC1. The van der Waals surface area contributed by atoms with E-state index in [4.69, 9.17) is 18.9 Å². The first kappa shape index (κ1) is 27.4. The molecule has 2 aromatic carbocycles. The van der Waals surface area contributed by atoms with Crippen LogP contribution < -0.4 is 14.2 Å². The van der Waals surface area contributed by atoms with E-state index >= 15 is 4.39 Å². The molecule has 2 aromatic heterocycles. The van der Waals surface area contributed by atoms with Gasteiger partial charge in [-0.15, -0.1) is 0 Å². The Morgan fingerprint density at radius 3 is 2.52 bits per heavy atom. The van der Waals surface area contributed by atoms with Crippen LogP contribution in [0, 0.1) is 12.7 Å². The highest BCUT2D eigenvalue weighted by Crippen LogP contribution is 2.37. The molecule has 1 N–H and O–H groups in total. The Labute approximate surface area is 232 Å². The molecule has 1 aliphatic rings. The van der Waals surface area contributed by atoms with Crippen molar-refractivity contribution < 1.29 is 28.1 Å². The number of nitrogens with zero attached hydrogens (tertiary/aromatic N) is 4. The number of hydrogen-bond donors (Lipinski definition) is 1. The average Bonchev–Trinajstić information content (AvgIpc) is 3.30. The third-order valence-corrected chi connectivity index (χ3v) is 6.62. The van der Waals surface area contributed by atoms with Crippen LogP contribution in [-0.4, -0.2) is 82.9 Å². The number of benzene rings is 2. The van der Waals surface area contributed by atoms with Gasteiger partial charge in [-0.1, -0.05) is 0 Å². The van der Waals surface area contributed by atoms with E-state index in [1.807, 2.05) is 27.7 Å². The highest BCUT2D eigenvalue weighted by atomic mass is 19.1. The number of carbonyl (C=O) groups is 1. The van der Waals surface area contributed by atoms with Crippen LogP contribution in [0.3, 0.4) is 0 Å². The van der Waals surface area contributed by atoms with E-state index in [0.717, 1.165) is 18.8 Å². The van der Waals surface area contributed by atoms with Gasteiger partial charge in [0, 0.05) is 55.4 Å². The number of halogens is 1. The lowest BCUT2D eigenvalue weighted by Crippen LogP contribution is -2.50. The lowest BCUT2D eigenvalue weighted by Gasteiger charge is -2.35. The molecule has 5 rings (SSSR count). The van der Waals surface area contributed by atoms with Gasteiger partial charge in [0.05, 0.1) is 18.0 Å². The Morgan fingerprint density at radius 2 is 1.80 bits per heavy atom. The first-order valence-corrected chi connectivity index (χ1v) is 13.2. The van der Waals surface area contributed by atoms with Crippen LogP contribution >= 0.6 is 0 Å². The maximum atomic E-state index is 15.1. The lowest BCUT2D eigenvalue weighted by atomic mass is 10.2. The van der Waals surface area contributed by atoms with Crippen LogP contribution in [-0.2, 0) is 4.74 Å². The Morgan fingerprint density at radius 1 is 1.02 bits per heavy atom. The normalized spacial score (nSPS) is 14.5. The highest BCUT2D eigenvalue weighted by molar-refractivity contribution is 5.87. The number of rotatable bonds is 7. The number of aryl methyl sites for hydroxylation is 1. The van der Waals surface area contributed by atoms with E-state index in [0.29, 0.717) is 59.5 Å². The van der Waals surface area contributed by atoms with E-state index in [1.54, 1.807) is 42.3 Å². The fourth-order valence-electron chi connectivity index (χ4n) is 4.63. The van der Waals surface area contributed by atoms with Gasteiger partial charge in [-0.3, -0.25) is 4.90 Å². The Hall–Kier alpha value is -4.12. The molecule has 1 amide bonds. The molecule has 11 heteroatoms. The molecule has 0 atom stereocenters. The van der Waals surface area contributed by atoms with E-state index in [1.165, 1.54) is 6.33 Å². The van der Waals surface area contributed by atoms with Crippen LogP contribution in [0.25, 0.3) is 21.8 Å². The summed E-state index contributed by atoms with van der Waals surface area (Å²) in [5.41, 5.74) is 1.62. The van der Waals surface area contributed by atoms with Gasteiger partial charge in [0.2, 0.25) is 5.88 Å². The molecule has 3 heterocycles. The van der Waals surface area contributed by atoms with E-state index in [2.05, 4.69) is 19.9 Å². The number of fused-ring (bicyclic) bond motifs is 2. The molecule has 0 spiro atoms. The average molecular weight is 552 g/mol. The molecule has 4 aromatic rings. The van der Waals surface area contributed by atoms with Crippen LogP contribution in [0.5, 0.6) is 23.1 Å². The van der Waals surface area contributed by atoms with Gasteiger partial charge in [0.25, 0.3) is 0 Å². The van der Waals surface area contributed by atoms with Gasteiger partial charge >= 0.3 is 6.09 Å². The van der Waals surface area contributed by atoms with E-state index < -0.39 is 11.4 Å². The number of piperazine rings is 1. The molecule has 0 aliphatic carbocycles. The number of aromatic nitrogens is 3. The molecular formula is C29H34FN5O5. The topological polar surface area (TPSA) is 102 Å². The minimum absolute atomic E-state index is 0.0672. The molecular weight excluding hydrogens is 517 g/mol. The summed E-state index contributed by atoms with van der Waals surface area (Å²) < 4.78 is 38.2. The predicted octanol–water partition coefficient (Wildman–Crippen LogP) is 5.29. The summed E-state index contributed by atoms with van der Waals surface area (Å²) in [4.78, 5) is 28.0. The molecule has 40 heavy (non-hydrogen) atoms. The van der Waals surface area contributed by atoms with Gasteiger partial charge in [-0.05, 0) is 52.0 Å². The van der Waals surface area contributed by atoms with Crippen molar-refractivity contribution in [3.8, 4) is 23.1 Å². The third-order valence-electron chi connectivity index (χ3n) is 6.62. The van der Waals surface area contributed by atoms with Crippen molar-refractivity contribution >= 4 is 27.9 Å². The fourth-order valence-corrected chi connectivity index (χ4v) is 4.63. The lowest BCUT2D eigenvalue weighted by molar-refractivity contribution is 0.0136. The molecule has 1 aliphatic heterocycles. The van der Waals surface area contributed by atoms with E-state index in [9.17, 15) is 4.79 Å². The number of amides is 1. The number of methoxy groups -OCH3 is 1. The number of nitrogens with one attached hydrogen (secondary N) is 1. The van der Waals surface area contributed by atoms with Crippen molar-refractivity contribution in [3.05, 3.63) is 48.2 Å². The molecule has 0 saturated carbocycles. The number of H-pyrrole nitrogens is 1. The van der Waals surface area contributed by atoms with Crippen molar-refractivity contribution in [2.75, 3.05) is 46.4 Å². The van der Waals surface area contributed by atoms with Gasteiger partial charge in [-0.25, -0.2) is 19.2 Å². The standard InChI is InChI=1S/C29H34FN5O5/c1-18-14-19-21(33-18)6-7-23(26(19)30)39-27-20-15-24(37-5)25(16-22(20)31-17-32-27)38-13-12-34-8-10-35(11-9-34)28(36)40-29(2,3)4/h6-7,14-17,33H,8-13H2,1-5H3. The second-order valence-electron chi connectivity index (χ2n) is 10.7. The third kappa shape index (κ3) is 6.04. The van der Waals surface area contributed by atoms with Crippen LogP contribution in [0.4, 0.5) is 9.18 Å². The Kier molecular flexibility index (Phi) is 7.66. The van der Waals surface area contributed by atoms with Crippen molar-refractivity contribution in [2.24, 2.45) is 0 Å². The summed E-state index contributed by atoms with van der Waals surface area (Å²) in [6.07, 6.45) is 1.09. The fraction of sp³-hybridized carbons (Fsp3) is 0.414. The van der Waals surface area contributed by atoms with Crippen LogP contribution in [0.15, 0.2) is 36.7 Å². The highest BCUT2D eigenvalue weighted by Gasteiger charge is 2.26. The molecule has 1 saturated heterocycles. The quantitative estimate of drug-likeness (QED) is 0.331. The smallest absolute Gasteiger partial charge is 0.410 e. The zero-order valence-corrected chi connectivity index (χ0v) is 23.4. The minimum Gasteiger partial charge on any atom is -0.493 e. The van der Waals surface area contributed by atoms with E-state index in [-0.39, 0.29) is 17.7 Å². The molecule has 212 valence electrons. The van der Waals surface area contributed by atoms with Gasteiger partial charge in [0.1, 0.15) is 18.5 Å². The number of hydrogen-bond acceptors (Lipinski definition) is 8. The van der Waals surface area contributed by atoms with Gasteiger partial charge < -0.3 is 28.8 Å². The molecule has 1 fully saturated rings. The zero-order chi connectivity index (χ0) is 28.4. The summed E-state index contributed by atoms with van der Waals surface area (Å²) >= 11 is 0. The van der Waals surface area contributed by atoms with Crippen molar-refractivity contribution in [1.82, 2.24) is 24.8 Å². The van der Waals surface area contributed by atoms with Crippen molar-refractivity contribution in [3.63, 3.8) is 0 Å². The predicted molar refractivity (Wildman–Crippen MR) is 149 cm³/mol. The maximum absolute atomic E-state index is 15.1. The first-order chi connectivity index (χ1) is 19.1. The summed E-state index contributed by atoms with van der Waals surface area (Å²) in [5.74, 6) is 0.828. The maximum Gasteiger partial charge on any atom is 0.410 e. The second-order valence-corrected chi connectivity index (χ2v) is 10.7. The Bertz CT molecular complexity index is 1530. The van der Waals surface area contributed by atoms with Gasteiger partial charge in [-0.2, -0.15) is 0 Å². The molecule has 10 nitrogen and oxygen atoms in total. The first-order valence-electron chi connectivity index (χ1n) is 13.2. The van der Waals surface area contributed by atoms with Crippen molar-refractivity contribution in [1.29, 1.82) is 0 Å². The summed E-state index contributed by atoms with van der Waals surface area (Å²) in [7, 11) is 1.55. The largest absolute Gasteiger partial charge is 0.493 e. The summed E-state index contributed by atoms with van der Waals surface area (Å²) in [6.45, 7) is 11.2. The Balaban J connectivity index is 1.24. The number of aromatic amines is 1. The summed E-state index contributed by atoms with van der Waals surface area (Å²) in [5, 5.41) is 1.02. The molecule has 0 radical (unpaired) electrons. The summed E-state index contributed by atoms with van der Waals surface area (Å²) in [6, 6.07) is 8.58. The zero-order valence-electron chi connectivity index (χ0n) is 23.4. The van der Waals surface area contributed by atoms with Crippen molar-refractivity contribution in [2.45, 2.75) is 33.3 Å². The molecule has 0 unspecified atom stereocenters. The second kappa shape index (κ2) is 11.2. The van der Waals surface area contributed by atoms with Crippen LogP contribution in [0.1, 0.15) is 26.5 Å². The van der Waals surface area contributed by atoms with Crippen LogP contribution in [0.2, 0.25) is 0 Å². The monoisotopic (exact) mass is 551 g/mol. The number of carbonyl (C=O) groups excluding carboxylic acids is 1. The minimum atomic E-state index is -0.509. The number of ether oxygens (including phenoxy) is 4. The molecule has 0 bridgehead atoms. The van der Waals surface area contributed by atoms with Gasteiger partial charge in [0.15, 0.2) is 23.1 Å².